The van der Waals surface area contributed by atoms with Crippen LogP contribution >= 0.6 is 34.0 Å². The zero-order chi connectivity index (χ0) is 14.4. The molecular weight excluding hydrogens is 314 g/mol. The van der Waals surface area contributed by atoms with Crippen LogP contribution in [0.3, 0.4) is 0 Å². The van der Waals surface area contributed by atoms with Crippen molar-refractivity contribution in [2.45, 2.75) is 5.50 Å². The highest BCUT2D eigenvalue weighted by Gasteiger charge is 2.26. The van der Waals surface area contributed by atoms with Crippen LogP contribution in [0.1, 0.15) is 0 Å². The standard InChI is InChI=1S/C12H27N5S2.ClH/c1-14(2)7-9-17(10-8-15(3)4)12-13-11(16(5)6)18-19-12;/h12H,7-10H2,1-6H3;1H. The number of hydrogen-bond donors (Lipinski definition) is 0. The lowest BCUT2D eigenvalue weighted by molar-refractivity contribution is 0.210. The molecule has 0 spiro atoms. The first-order chi connectivity index (χ1) is 8.90. The SMILES string of the molecule is CN(C)CCN(CCN(C)C)C1N=C(N(C)C)SS1.Cl. The summed E-state index contributed by atoms with van der Waals surface area (Å²) in [5.74, 6) is 0. The summed E-state index contributed by atoms with van der Waals surface area (Å²) in [4.78, 5) is 13.8. The summed E-state index contributed by atoms with van der Waals surface area (Å²) in [6.45, 7) is 4.26. The monoisotopic (exact) mass is 341 g/mol. The highest BCUT2D eigenvalue weighted by molar-refractivity contribution is 8.82. The van der Waals surface area contributed by atoms with Crippen LogP contribution in [0.2, 0.25) is 0 Å². The molecule has 0 aromatic carbocycles. The minimum absolute atomic E-state index is 0. The lowest BCUT2D eigenvalue weighted by Gasteiger charge is -2.28. The minimum atomic E-state index is 0. The third-order valence-corrected chi connectivity index (χ3v) is 5.34. The third kappa shape index (κ3) is 7.38. The minimum Gasteiger partial charge on any atom is -0.357 e. The molecule has 1 aliphatic heterocycles. The van der Waals surface area contributed by atoms with Gasteiger partial charge < -0.3 is 14.7 Å². The number of aliphatic imine (C=N–C) groups is 1. The second-order valence-electron chi connectivity index (χ2n) is 5.45. The first-order valence-corrected chi connectivity index (χ1v) is 8.73. The molecule has 0 N–H and O–H groups in total. The van der Waals surface area contributed by atoms with Gasteiger partial charge >= 0.3 is 0 Å². The Hall–Kier alpha value is 0.340. The molecule has 120 valence electrons. The predicted octanol–water partition coefficient (Wildman–Crippen LogP) is 1.43. The van der Waals surface area contributed by atoms with E-state index in [1.165, 1.54) is 0 Å². The van der Waals surface area contributed by atoms with Gasteiger partial charge in [0.25, 0.3) is 0 Å². The van der Waals surface area contributed by atoms with Gasteiger partial charge in [0.05, 0.1) is 0 Å². The van der Waals surface area contributed by atoms with Crippen molar-refractivity contribution >= 4 is 39.2 Å². The van der Waals surface area contributed by atoms with Crippen molar-refractivity contribution in [1.82, 2.24) is 19.6 Å². The molecule has 0 aliphatic carbocycles. The van der Waals surface area contributed by atoms with E-state index in [1.54, 1.807) is 10.8 Å². The van der Waals surface area contributed by atoms with Gasteiger partial charge in [0.15, 0.2) is 10.7 Å². The van der Waals surface area contributed by atoms with Gasteiger partial charge in [0.2, 0.25) is 0 Å². The van der Waals surface area contributed by atoms with Crippen molar-refractivity contribution in [2.75, 3.05) is 68.5 Å². The van der Waals surface area contributed by atoms with Gasteiger partial charge in [-0.3, -0.25) is 4.90 Å². The highest BCUT2D eigenvalue weighted by atomic mass is 35.5. The molecule has 0 aromatic rings. The van der Waals surface area contributed by atoms with Gasteiger partial charge in [-0.25, -0.2) is 4.99 Å². The zero-order valence-corrected chi connectivity index (χ0v) is 15.8. The van der Waals surface area contributed by atoms with Crippen molar-refractivity contribution in [3.8, 4) is 0 Å². The molecule has 1 atom stereocenters. The molecule has 1 unspecified atom stereocenters. The van der Waals surface area contributed by atoms with Crippen LogP contribution < -0.4 is 0 Å². The van der Waals surface area contributed by atoms with Gasteiger partial charge in [-0.2, -0.15) is 0 Å². The Morgan fingerprint density at radius 1 is 0.900 bits per heavy atom. The second-order valence-corrected chi connectivity index (χ2v) is 7.68. The molecule has 8 heteroatoms. The molecule has 0 saturated heterocycles. The van der Waals surface area contributed by atoms with Crippen molar-refractivity contribution in [3.63, 3.8) is 0 Å². The van der Waals surface area contributed by atoms with Crippen LogP contribution in [0, 0.1) is 0 Å². The van der Waals surface area contributed by atoms with E-state index >= 15 is 0 Å². The molecule has 0 saturated carbocycles. The molecule has 0 radical (unpaired) electrons. The Labute approximate surface area is 137 Å². The maximum Gasteiger partial charge on any atom is 0.172 e. The van der Waals surface area contributed by atoms with Crippen LogP contribution in [0.25, 0.3) is 0 Å². The maximum atomic E-state index is 4.80. The molecule has 0 fully saturated rings. The number of halogens is 1. The third-order valence-electron chi connectivity index (χ3n) is 2.79. The summed E-state index contributed by atoms with van der Waals surface area (Å²) < 4.78 is 0. The summed E-state index contributed by atoms with van der Waals surface area (Å²) in [6, 6.07) is 0. The summed E-state index contributed by atoms with van der Waals surface area (Å²) in [7, 11) is 16.2. The number of likely N-dealkylation sites (N-methyl/N-ethyl adjacent to an activating group) is 2. The number of rotatable bonds is 7. The molecule has 1 heterocycles. The largest absolute Gasteiger partial charge is 0.357 e. The first kappa shape index (κ1) is 20.3. The number of amidine groups is 1. The predicted molar refractivity (Wildman–Crippen MR) is 96.0 cm³/mol. The zero-order valence-electron chi connectivity index (χ0n) is 13.4. The van der Waals surface area contributed by atoms with Crippen LogP contribution in [0.5, 0.6) is 0 Å². The molecule has 0 aromatic heterocycles. The first-order valence-electron chi connectivity index (χ1n) is 6.52. The lowest BCUT2D eigenvalue weighted by Crippen LogP contribution is -2.40. The summed E-state index contributed by atoms with van der Waals surface area (Å²) in [6.07, 6.45) is 0. The van der Waals surface area contributed by atoms with Crippen LogP contribution in [0.15, 0.2) is 4.99 Å². The Morgan fingerprint density at radius 2 is 1.40 bits per heavy atom. The number of hydrogen-bond acceptors (Lipinski definition) is 7. The van der Waals surface area contributed by atoms with Crippen molar-refractivity contribution in [1.29, 1.82) is 0 Å². The van der Waals surface area contributed by atoms with E-state index in [0.717, 1.165) is 31.3 Å². The van der Waals surface area contributed by atoms with E-state index in [-0.39, 0.29) is 17.9 Å². The van der Waals surface area contributed by atoms with Crippen molar-refractivity contribution in [2.24, 2.45) is 4.99 Å². The van der Waals surface area contributed by atoms with Gasteiger partial charge in [0, 0.05) is 40.3 Å². The molecule has 1 aliphatic rings. The van der Waals surface area contributed by atoms with E-state index in [0.29, 0.717) is 0 Å². The van der Waals surface area contributed by atoms with Gasteiger partial charge in [-0.15, -0.1) is 12.4 Å². The fourth-order valence-electron chi connectivity index (χ4n) is 1.55. The molecular formula is C12H28ClN5S2. The van der Waals surface area contributed by atoms with Crippen LogP contribution in [-0.2, 0) is 0 Å². The molecule has 20 heavy (non-hydrogen) atoms. The fourth-order valence-corrected chi connectivity index (χ4v) is 4.14. The van der Waals surface area contributed by atoms with E-state index in [9.17, 15) is 0 Å². The van der Waals surface area contributed by atoms with Crippen molar-refractivity contribution < 1.29 is 0 Å². The second kappa shape index (κ2) is 10.1. The summed E-state index contributed by atoms with van der Waals surface area (Å²) in [5, 5.41) is 1.12. The average Bonchev–Trinajstić information content (AvgIpc) is 2.77. The smallest absolute Gasteiger partial charge is 0.172 e. The van der Waals surface area contributed by atoms with E-state index in [2.05, 4.69) is 61.9 Å². The Bertz CT molecular complexity index is 288. The van der Waals surface area contributed by atoms with E-state index in [1.807, 2.05) is 10.8 Å². The fraction of sp³-hybridized carbons (Fsp3) is 0.917. The Morgan fingerprint density at radius 3 is 1.75 bits per heavy atom. The lowest BCUT2D eigenvalue weighted by atomic mass is 10.4. The topological polar surface area (TPSA) is 25.3 Å². The van der Waals surface area contributed by atoms with Crippen molar-refractivity contribution in [3.05, 3.63) is 0 Å². The van der Waals surface area contributed by atoms with Crippen LogP contribution in [-0.4, -0.2) is 98.7 Å². The Balaban J connectivity index is 0.00000361. The van der Waals surface area contributed by atoms with E-state index in [4.69, 9.17) is 4.99 Å². The Kier molecular flexibility index (Phi) is 10.3. The van der Waals surface area contributed by atoms with E-state index < -0.39 is 0 Å². The van der Waals surface area contributed by atoms with Gasteiger partial charge in [-0.05, 0) is 49.8 Å². The van der Waals surface area contributed by atoms with Crippen LogP contribution in [0.4, 0.5) is 0 Å². The molecule has 1 rings (SSSR count). The quantitative estimate of drug-likeness (QED) is 0.650. The number of nitrogens with zero attached hydrogens (tertiary/aromatic N) is 5. The summed E-state index contributed by atoms with van der Waals surface area (Å²) >= 11 is 0. The molecule has 0 amide bonds. The van der Waals surface area contributed by atoms with Gasteiger partial charge in [-0.1, -0.05) is 0 Å². The average molecular weight is 342 g/mol. The van der Waals surface area contributed by atoms with Gasteiger partial charge in [0.1, 0.15) is 0 Å². The highest BCUT2D eigenvalue weighted by Crippen LogP contribution is 2.38. The maximum absolute atomic E-state index is 4.80. The summed E-state index contributed by atoms with van der Waals surface area (Å²) in [5.41, 5.74) is 0.252. The molecule has 5 nitrogen and oxygen atoms in total. The normalized spacial score (nSPS) is 18.6. The molecule has 0 bridgehead atoms.